The number of hydrogen-bond donors (Lipinski definition) is 1. The van der Waals surface area contributed by atoms with Crippen molar-refractivity contribution in [2.24, 2.45) is 0 Å². The second kappa shape index (κ2) is 8.63. The van der Waals surface area contributed by atoms with Crippen molar-refractivity contribution < 1.29 is 9.53 Å². The Morgan fingerprint density at radius 3 is 2.15 bits per heavy atom. The molecule has 0 unspecified atom stereocenters. The lowest BCUT2D eigenvalue weighted by atomic mass is 10.0. The van der Waals surface area contributed by atoms with Gasteiger partial charge in [-0.25, -0.2) is 0 Å². The minimum Gasteiger partial charge on any atom is -0.377 e. The van der Waals surface area contributed by atoms with Crippen molar-refractivity contribution in [1.82, 2.24) is 10.2 Å². The molecule has 0 aliphatic rings. The maximum Gasteiger partial charge on any atom is 0.223 e. The zero-order chi connectivity index (χ0) is 15.8. The van der Waals surface area contributed by atoms with Crippen LogP contribution in [0.5, 0.6) is 0 Å². The molecule has 4 heteroatoms. The van der Waals surface area contributed by atoms with Gasteiger partial charge in [0.2, 0.25) is 5.91 Å². The topological polar surface area (TPSA) is 41.6 Å². The number of nitrogens with one attached hydrogen (secondary N) is 1. The second-order valence-electron chi connectivity index (χ2n) is 6.61. The number of amides is 1. The van der Waals surface area contributed by atoms with Gasteiger partial charge in [0.25, 0.3) is 0 Å². The number of hydrogen-bond acceptors (Lipinski definition) is 3. The molecule has 120 valence electrons. The summed E-state index contributed by atoms with van der Waals surface area (Å²) in [5, 5.41) is 3.39. The molecule has 4 nitrogen and oxygen atoms in total. The summed E-state index contributed by atoms with van der Waals surface area (Å²) in [6.45, 7) is 17.4. The van der Waals surface area contributed by atoms with Crippen LogP contribution in [0.15, 0.2) is 0 Å². The summed E-state index contributed by atoms with van der Waals surface area (Å²) < 4.78 is 5.87. The van der Waals surface area contributed by atoms with Gasteiger partial charge in [-0.15, -0.1) is 0 Å². The van der Waals surface area contributed by atoms with Gasteiger partial charge in [-0.1, -0.05) is 13.8 Å². The molecular formula is C16H34N2O2. The third-order valence-corrected chi connectivity index (χ3v) is 3.39. The monoisotopic (exact) mass is 286 g/mol. The summed E-state index contributed by atoms with van der Waals surface area (Å²) in [7, 11) is 0. The number of carbonyl (C=O) groups excluding carboxylic acids is 1. The first-order chi connectivity index (χ1) is 9.20. The molecule has 0 saturated heterocycles. The molecule has 0 atom stereocenters. The van der Waals surface area contributed by atoms with Crippen molar-refractivity contribution in [2.45, 2.75) is 72.4 Å². The zero-order valence-electron chi connectivity index (χ0n) is 14.5. The summed E-state index contributed by atoms with van der Waals surface area (Å²) >= 11 is 0. The van der Waals surface area contributed by atoms with Gasteiger partial charge in [-0.05, 0) is 47.6 Å². The number of likely N-dealkylation sites (N-methyl/N-ethyl adjacent to an activating group) is 2. The molecule has 0 aromatic heterocycles. The van der Waals surface area contributed by atoms with Crippen LogP contribution in [-0.2, 0) is 9.53 Å². The lowest BCUT2D eigenvalue weighted by Gasteiger charge is -2.38. The number of rotatable bonds is 10. The van der Waals surface area contributed by atoms with E-state index in [4.69, 9.17) is 4.74 Å². The Balaban J connectivity index is 4.45. The van der Waals surface area contributed by atoms with Gasteiger partial charge in [0.05, 0.1) is 18.8 Å². The first-order valence-electron chi connectivity index (χ1n) is 7.83. The molecule has 0 aromatic rings. The van der Waals surface area contributed by atoms with E-state index in [2.05, 4.69) is 39.9 Å². The fourth-order valence-electron chi connectivity index (χ4n) is 2.45. The largest absolute Gasteiger partial charge is 0.377 e. The van der Waals surface area contributed by atoms with Crippen LogP contribution in [-0.4, -0.2) is 48.2 Å². The van der Waals surface area contributed by atoms with Crippen LogP contribution in [0.2, 0.25) is 0 Å². The van der Waals surface area contributed by atoms with Crippen LogP contribution in [0.4, 0.5) is 0 Å². The van der Waals surface area contributed by atoms with Crippen molar-refractivity contribution in [3.63, 3.8) is 0 Å². The Kier molecular flexibility index (Phi) is 8.36. The molecule has 0 aromatic carbocycles. The number of nitrogens with zero attached hydrogens (tertiary/aromatic N) is 1. The van der Waals surface area contributed by atoms with Crippen LogP contribution in [0.1, 0.15) is 61.3 Å². The standard InChI is InChI=1S/C16H34N2O2/c1-8-11-14(19)18(10-3)16(6,7)13-20-12-15(4,5)17-9-2/h17H,8-13H2,1-7H3. The van der Waals surface area contributed by atoms with Crippen molar-refractivity contribution in [2.75, 3.05) is 26.3 Å². The van der Waals surface area contributed by atoms with E-state index >= 15 is 0 Å². The smallest absolute Gasteiger partial charge is 0.223 e. The van der Waals surface area contributed by atoms with Crippen LogP contribution < -0.4 is 5.32 Å². The summed E-state index contributed by atoms with van der Waals surface area (Å²) in [4.78, 5) is 14.1. The molecule has 20 heavy (non-hydrogen) atoms. The SMILES string of the molecule is CCCC(=O)N(CC)C(C)(C)COCC(C)(C)NCC. The summed E-state index contributed by atoms with van der Waals surface area (Å²) in [6, 6.07) is 0. The van der Waals surface area contributed by atoms with Gasteiger partial charge in [-0.3, -0.25) is 4.79 Å². The van der Waals surface area contributed by atoms with E-state index in [0.717, 1.165) is 19.5 Å². The molecule has 0 rings (SSSR count). The minimum atomic E-state index is -0.261. The maximum absolute atomic E-state index is 12.1. The molecule has 0 aliphatic heterocycles. The van der Waals surface area contributed by atoms with Gasteiger partial charge < -0.3 is 15.0 Å². The first kappa shape index (κ1) is 19.4. The van der Waals surface area contributed by atoms with E-state index in [-0.39, 0.29) is 17.0 Å². The molecule has 0 radical (unpaired) electrons. The van der Waals surface area contributed by atoms with Crippen LogP contribution in [0.25, 0.3) is 0 Å². The normalized spacial score (nSPS) is 12.6. The van der Waals surface area contributed by atoms with Crippen LogP contribution in [0, 0.1) is 0 Å². The zero-order valence-corrected chi connectivity index (χ0v) is 14.5. The third-order valence-electron chi connectivity index (χ3n) is 3.39. The lowest BCUT2D eigenvalue weighted by molar-refractivity contribution is -0.139. The minimum absolute atomic E-state index is 0.0324. The Hall–Kier alpha value is -0.610. The Bertz CT molecular complexity index is 288. The first-order valence-corrected chi connectivity index (χ1v) is 7.83. The predicted octanol–water partition coefficient (Wildman–Crippen LogP) is 2.82. The lowest BCUT2D eigenvalue weighted by Crippen LogP contribution is -2.52. The van der Waals surface area contributed by atoms with E-state index in [1.807, 2.05) is 18.7 Å². The van der Waals surface area contributed by atoms with Crippen molar-refractivity contribution >= 4 is 5.91 Å². The highest BCUT2D eigenvalue weighted by atomic mass is 16.5. The van der Waals surface area contributed by atoms with E-state index in [1.165, 1.54) is 0 Å². The Morgan fingerprint density at radius 2 is 1.70 bits per heavy atom. The molecular weight excluding hydrogens is 252 g/mol. The van der Waals surface area contributed by atoms with Crippen molar-refractivity contribution in [3.8, 4) is 0 Å². The van der Waals surface area contributed by atoms with Crippen molar-refractivity contribution in [3.05, 3.63) is 0 Å². The highest BCUT2D eigenvalue weighted by Crippen LogP contribution is 2.17. The van der Waals surface area contributed by atoms with Gasteiger partial charge in [0, 0.05) is 18.5 Å². The van der Waals surface area contributed by atoms with E-state index in [0.29, 0.717) is 19.6 Å². The molecule has 0 spiro atoms. The van der Waals surface area contributed by atoms with Crippen LogP contribution >= 0.6 is 0 Å². The molecule has 0 bridgehead atoms. The van der Waals surface area contributed by atoms with E-state index < -0.39 is 0 Å². The van der Waals surface area contributed by atoms with Gasteiger partial charge in [0.1, 0.15) is 0 Å². The van der Waals surface area contributed by atoms with E-state index in [1.54, 1.807) is 0 Å². The predicted molar refractivity (Wildman–Crippen MR) is 84.9 cm³/mol. The summed E-state index contributed by atoms with van der Waals surface area (Å²) in [6.07, 6.45) is 1.50. The quantitative estimate of drug-likeness (QED) is 0.671. The van der Waals surface area contributed by atoms with E-state index in [9.17, 15) is 4.79 Å². The third kappa shape index (κ3) is 6.71. The average molecular weight is 286 g/mol. The average Bonchev–Trinajstić information content (AvgIpc) is 2.28. The Morgan fingerprint density at radius 1 is 1.10 bits per heavy atom. The molecule has 0 aliphatic carbocycles. The summed E-state index contributed by atoms with van der Waals surface area (Å²) in [5.74, 6) is 0.217. The maximum atomic E-state index is 12.1. The molecule has 1 amide bonds. The number of ether oxygens (including phenoxy) is 1. The van der Waals surface area contributed by atoms with Gasteiger partial charge in [0.15, 0.2) is 0 Å². The van der Waals surface area contributed by atoms with Gasteiger partial charge >= 0.3 is 0 Å². The molecule has 0 saturated carbocycles. The fourth-order valence-corrected chi connectivity index (χ4v) is 2.45. The highest BCUT2D eigenvalue weighted by Gasteiger charge is 2.30. The molecule has 0 heterocycles. The molecule has 0 fully saturated rings. The van der Waals surface area contributed by atoms with Crippen molar-refractivity contribution in [1.29, 1.82) is 0 Å². The van der Waals surface area contributed by atoms with Crippen LogP contribution in [0.3, 0.4) is 0 Å². The summed E-state index contributed by atoms with van der Waals surface area (Å²) in [5.41, 5.74) is -0.293. The highest BCUT2D eigenvalue weighted by molar-refractivity contribution is 5.76. The second-order valence-corrected chi connectivity index (χ2v) is 6.61. The number of carbonyl (C=O) groups is 1. The Labute approximate surface area is 125 Å². The molecule has 1 N–H and O–H groups in total. The fraction of sp³-hybridized carbons (Fsp3) is 0.938. The van der Waals surface area contributed by atoms with Gasteiger partial charge in [-0.2, -0.15) is 0 Å².